The normalized spacial score (nSPS) is 22.2. The van der Waals surface area contributed by atoms with E-state index in [1.807, 2.05) is 0 Å². The third-order valence-electron chi connectivity index (χ3n) is 4.81. The first-order chi connectivity index (χ1) is 12.1. The summed E-state index contributed by atoms with van der Waals surface area (Å²) in [5, 5.41) is 5.63. The molecule has 0 spiro atoms. The van der Waals surface area contributed by atoms with Gasteiger partial charge in [-0.2, -0.15) is 0 Å². The van der Waals surface area contributed by atoms with Gasteiger partial charge in [-0.1, -0.05) is 0 Å². The van der Waals surface area contributed by atoms with E-state index in [-0.39, 0.29) is 30.3 Å². The largest absolute Gasteiger partial charge is 0.482 e. The van der Waals surface area contributed by atoms with Crippen molar-refractivity contribution in [2.24, 2.45) is 11.8 Å². The van der Waals surface area contributed by atoms with Crippen molar-refractivity contribution in [3.8, 4) is 5.75 Å². The first kappa shape index (κ1) is 17.3. The van der Waals surface area contributed by atoms with Gasteiger partial charge in [0.15, 0.2) is 6.61 Å². The van der Waals surface area contributed by atoms with Crippen molar-refractivity contribution in [1.82, 2.24) is 5.32 Å². The Morgan fingerprint density at radius 2 is 2.04 bits per heavy atom. The molecule has 134 valence electrons. The van der Waals surface area contributed by atoms with Gasteiger partial charge in [0.1, 0.15) is 5.75 Å². The fraction of sp³-hybridized carbons (Fsp3) is 0.500. The van der Waals surface area contributed by atoms with Crippen LogP contribution in [-0.2, 0) is 14.3 Å². The van der Waals surface area contributed by atoms with E-state index in [2.05, 4.69) is 10.6 Å². The van der Waals surface area contributed by atoms with E-state index in [9.17, 15) is 14.4 Å². The van der Waals surface area contributed by atoms with Gasteiger partial charge < -0.3 is 20.1 Å². The second-order valence-electron chi connectivity index (χ2n) is 6.50. The minimum Gasteiger partial charge on any atom is -0.482 e. The number of hydrogen-bond donors (Lipinski definition) is 2. The van der Waals surface area contributed by atoms with Crippen molar-refractivity contribution < 1.29 is 23.9 Å². The number of amides is 2. The van der Waals surface area contributed by atoms with Crippen LogP contribution >= 0.6 is 0 Å². The van der Waals surface area contributed by atoms with Crippen molar-refractivity contribution in [1.29, 1.82) is 0 Å². The van der Waals surface area contributed by atoms with Gasteiger partial charge >= 0.3 is 5.97 Å². The van der Waals surface area contributed by atoms with Crippen LogP contribution in [0.3, 0.4) is 0 Å². The molecule has 3 rings (SSSR count). The molecular weight excluding hydrogens is 324 g/mol. The Hall–Kier alpha value is -2.57. The lowest BCUT2D eigenvalue weighted by Crippen LogP contribution is -2.33. The van der Waals surface area contributed by atoms with Crippen molar-refractivity contribution in [2.75, 3.05) is 25.6 Å². The van der Waals surface area contributed by atoms with Crippen LogP contribution in [0.25, 0.3) is 0 Å². The number of carbonyl (C=O) groups is 3. The number of rotatable bonds is 4. The van der Waals surface area contributed by atoms with Gasteiger partial charge in [-0.05, 0) is 49.8 Å². The number of carbonyl (C=O) groups excluding carboxylic acids is 3. The molecule has 1 saturated carbocycles. The molecule has 1 aromatic rings. The molecule has 1 fully saturated rings. The molecule has 0 unspecified atom stereocenters. The molecule has 1 aromatic carbocycles. The van der Waals surface area contributed by atoms with Gasteiger partial charge in [-0.3, -0.25) is 14.4 Å². The van der Waals surface area contributed by atoms with Crippen molar-refractivity contribution in [3.63, 3.8) is 0 Å². The SMILES string of the molecule is COC(=O)C1CCC(CNC(=O)c2ccc3c(c2)NC(=O)CO3)CC1. The van der Waals surface area contributed by atoms with Gasteiger partial charge in [0.2, 0.25) is 0 Å². The lowest BCUT2D eigenvalue weighted by atomic mass is 9.82. The topological polar surface area (TPSA) is 93.7 Å². The maximum absolute atomic E-state index is 12.3. The van der Waals surface area contributed by atoms with E-state index < -0.39 is 0 Å². The summed E-state index contributed by atoms with van der Waals surface area (Å²) in [6.45, 7) is 0.569. The van der Waals surface area contributed by atoms with Crippen LogP contribution in [-0.4, -0.2) is 38.0 Å². The number of ether oxygens (including phenoxy) is 2. The highest BCUT2D eigenvalue weighted by molar-refractivity contribution is 5.99. The number of hydrogen-bond acceptors (Lipinski definition) is 5. The summed E-state index contributed by atoms with van der Waals surface area (Å²) in [7, 11) is 1.42. The number of nitrogens with one attached hydrogen (secondary N) is 2. The molecule has 0 saturated heterocycles. The fourth-order valence-electron chi connectivity index (χ4n) is 3.33. The summed E-state index contributed by atoms with van der Waals surface area (Å²) in [4.78, 5) is 35.2. The van der Waals surface area contributed by atoms with Gasteiger partial charge in [-0.25, -0.2) is 0 Å². The smallest absolute Gasteiger partial charge is 0.308 e. The molecule has 1 aliphatic heterocycles. The molecule has 7 heteroatoms. The summed E-state index contributed by atoms with van der Waals surface area (Å²) in [5.74, 6) is 0.370. The number of anilines is 1. The van der Waals surface area contributed by atoms with E-state index in [0.29, 0.717) is 29.5 Å². The van der Waals surface area contributed by atoms with Gasteiger partial charge in [0.25, 0.3) is 11.8 Å². The molecule has 7 nitrogen and oxygen atoms in total. The zero-order chi connectivity index (χ0) is 17.8. The Balaban J connectivity index is 1.51. The molecule has 2 amide bonds. The predicted octanol–water partition coefficient (Wildman–Crippen LogP) is 1.73. The maximum Gasteiger partial charge on any atom is 0.308 e. The summed E-state index contributed by atoms with van der Waals surface area (Å²) < 4.78 is 10.1. The lowest BCUT2D eigenvalue weighted by Gasteiger charge is -2.27. The Labute approximate surface area is 146 Å². The molecule has 1 heterocycles. The highest BCUT2D eigenvalue weighted by Gasteiger charge is 2.27. The third kappa shape index (κ3) is 4.10. The second-order valence-corrected chi connectivity index (χ2v) is 6.50. The van der Waals surface area contributed by atoms with E-state index in [1.165, 1.54) is 7.11 Å². The van der Waals surface area contributed by atoms with Crippen molar-refractivity contribution >= 4 is 23.5 Å². The molecule has 0 bridgehead atoms. The van der Waals surface area contributed by atoms with Crippen LogP contribution in [0.2, 0.25) is 0 Å². The monoisotopic (exact) mass is 346 g/mol. The quantitative estimate of drug-likeness (QED) is 0.810. The van der Waals surface area contributed by atoms with Crippen LogP contribution in [0.5, 0.6) is 5.75 Å². The molecule has 0 aromatic heterocycles. The summed E-state index contributed by atoms with van der Waals surface area (Å²) in [6, 6.07) is 4.99. The second kappa shape index (κ2) is 7.55. The van der Waals surface area contributed by atoms with E-state index >= 15 is 0 Å². The lowest BCUT2D eigenvalue weighted by molar-refractivity contribution is -0.146. The molecule has 2 aliphatic rings. The van der Waals surface area contributed by atoms with E-state index in [0.717, 1.165) is 25.7 Å². The van der Waals surface area contributed by atoms with Gasteiger partial charge in [0, 0.05) is 12.1 Å². The van der Waals surface area contributed by atoms with Gasteiger partial charge in [-0.15, -0.1) is 0 Å². The number of fused-ring (bicyclic) bond motifs is 1. The Kier molecular flexibility index (Phi) is 5.21. The zero-order valence-corrected chi connectivity index (χ0v) is 14.2. The standard InChI is InChI=1S/C18H22N2O5/c1-24-18(23)12-4-2-11(3-5-12)9-19-17(22)13-6-7-15-14(8-13)20-16(21)10-25-15/h6-8,11-12H,2-5,9-10H2,1H3,(H,19,22)(H,20,21). The van der Waals surface area contributed by atoms with Crippen LogP contribution in [0.1, 0.15) is 36.0 Å². The maximum atomic E-state index is 12.3. The number of methoxy groups -OCH3 is 1. The van der Waals surface area contributed by atoms with Crippen molar-refractivity contribution in [2.45, 2.75) is 25.7 Å². The fourth-order valence-corrected chi connectivity index (χ4v) is 3.33. The molecule has 0 radical (unpaired) electrons. The first-order valence-corrected chi connectivity index (χ1v) is 8.49. The van der Waals surface area contributed by atoms with Crippen LogP contribution in [0.4, 0.5) is 5.69 Å². The van der Waals surface area contributed by atoms with Gasteiger partial charge in [0.05, 0.1) is 18.7 Å². The predicted molar refractivity (Wildman–Crippen MR) is 90.4 cm³/mol. The van der Waals surface area contributed by atoms with E-state index in [1.54, 1.807) is 18.2 Å². The average molecular weight is 346 g/mol. The van der Waals surface area contributed by atoms with Crippen LogP contribution in [0, 0.1) is 11.8 Å². The molecular formula is C18H22N2O5. The highest BCUT2D eigenvalue weighted by Crippen LogP contribution is 2.30. The first-order valence-electron chi connectivity index (χ1n) is 8.49. The number of benzene rings is 1. The number of esters is 1. The summed E-state index contributed by atoms with van der Waals surface area (Å²) in [5.41, 5.74) is 0.996. The molecule has 0 atom stereocenters. The highest BCUT2D eigenvalue weighted by atomic mass is 16.5. The van der Waals surface area contributed by atoms with E-state index in [4.69, 9.17) is 9.47 Å². The molecule has 1 aliphatic carbocycles. The minimum absolute atomic E-state index is 0.00715. The molecule has 25 heavy (non-hydrogen) atoms. The Morgan fingerprint density at radius 3 is 2.76 bits per heavy atom. The van der Waals surface area contributed by atoms with Crippen LogP contribution in [0.15, 0.2) is 18.2 Å². The Morgan fingerprint density at radius 1 is 1.28 bits per heavy atom. The molecule has 2 N–H and O–H groups in total. The third-order valence-corrected chi connectivity index (χ3v) is 4.81. The Bertz CT molecular complexity index is 680. The summed E-state index contributed by atoms with van der Waals surface area (Å²) >= 11 is 0. The average Bonchev–Trinajstić information content (AvgIpc) is 2.65. The zero-order valence-electron chi connectivity index (χ0n) is 14.2. The van der Waals surface area contributed by atoms with Crippen LogP contribution < -0.4 is 15.4 Å². The minimum atomic E-state index is -0.229. The summed E-state index contributed by atoms with van der Waals surface area (Å²) in [6.07, 6.45) is 3.40. The van der Waals surface area contributed by atoms with Crippen molar-refractivity contribution in [3.05, 3.63) is 23.8 Å².